The highest BCUT2D eigenvalue weighted by Gasteiger charge is 2.31. The van der Waals surface area contributed by atoms with E-state index in [1.807, 2.05) is 11.3 Å². The van der Waals surface area contributed by atoms with E-state index in [0.717, 1.165) is 0 Å². The monoisotopic (exact) mass is 307 g/mol. The van der Waals surface area contributed by atoms with Gasteiger partial charge in [-0.3, -0.25) is 0 Å². The Hall–Kier alpha value is -0.340. The average Bonchev–Trinajstić information content (AvgIpc) is 2.81. The molecule has 1 N–H and O–H groups in total. The Kier molecular flexibility index (Phi) is 6.75. The molecule has 1 saturated carbocycles. The molecule has 0 aliphatic heterocycles. The minimum Gasteiger partial charge on any atom is -0.317 e. The van der Waals surface area contributed by atoms with Crippen LogP contribution in [0.4, 0.5) is 0 Å². The number of nitrogens with one attached hydrogen (secondary N) is 1. The smallest absolute Gasteiger partial charge is 0.00774 e. The van der Waals surface area contributed by atoms with Gasteiger partial charge in [-0.1, -0.05) is 26.2 Å². The Balaban J connectivity index is 1.90. The van der Waals surface area contributed by atoms with Crippen molar-refractivity contribution < 1.29 is 0 Å². The molecule has 0 spiro atoms. The maximum Gasteiger partial charge on any atom is 0.00774 e. The van der Waals surface area contributed by atoms with Crippen molar-refractivity contribution in [1.29, 1.82) is 0 Å². The van der Waals surface area contributed by atoms with E-state index < -0.39 is 0 Å². The first-order valence-electron chi connectivity index (χ1n) is 8.92. The molecule has 120 valence electrons. The molecule has 2 heteroatoms. The molecule has 0 atom stereocenters. The van der Waals surface area contributed by atoms with Crippen LogP contribution in [0.5, 0.6) is 0 Å². The molecule has 1 aromatic rings. The Morgan fingerprint density at radius 1 is 1.10 bits per heavy atom. The third kappa shape index (κ3) is 5.10. The molecule has 1 nitrogen and oxygen atoms in total. The number of rotatable bonds is 8. The van der Waals surface area contributed by atoms with Crippen LogP contribution >= 0.6 is 11.3 Å². The summed E-state index contributed by atoms with van der Waals surface area (Å²) in [5, 5.41) is 3.62. The van der Waals surface area contributed by atoms with Gasteiger partial charge >= 0.3 is 0 Å². The zero-order chi connectivity index (χ0) is 15.1. The van der Waals surface area contributed by atoms with Crippen LogP contribution in [-0.4, -0.2) is 13.1 Å². The fraction of sp³-hybridized carbons (Fsp3) is 0.789. The zero-order valence-electron chi connectivity index (χ0n) is 14.3. The summed E-state index contributed by atoms with van der Waals surface area (Å²) in [4.78, 5) is 3.11. The van der Waals surface area contributed by atoms with E-state index in [1.165, 1.54) is 81.3 Å². The lowest BCUT2D eigenvalue weighted by atomic mass is 9.69. The largest absolute Gasteiger partial charge is 0.317 e. The SMILES string of the molecule is CCCNCCC1(CCc2sc(C)cc2C)CCCCC1. The lowest BCUT2D eigenvalue weighted by molar-refractivity contribution is 0.157. The highest BCUT2D eigenvalue weighted by atomic mass is 32.1. The van der Waals surface area contributed by atoms with Gasteiger partial charge in [-0.05, 0) is 82.5 Å². The predicted molar refractivity (Wildman–Crippen MR) is 95.4 cm³/mol. The second-order valence-electron chi connectivity index (χ2n) is 7.02. The lowest BCUT2D eigenvalue weighted by Crippen LogP contribution is -2.30. The molecule has 0 aromatic carbocycles. The van der Waals surface area contributed by atoms with Crippen LogP contribution in [0.15, 0.2) is 6.07 Å². The highest BCUT2D eigenvalue weighted by molar-refractivity contribution is 7.12. The van der Waals surface area contributed by atoms with Crippen LogP contribution in [0.3, 0.4) is 0 Å². The van der Waals surface area contributed by atoms with Crippen LogP contribution in [-0.2, 0) is 6.42 Å². The third-order valence-electron chi connectivity index (χ3n) is 5.20. The van der Waals surface area contributed by atoms with Crippen molar-refractivity contribution >= 4 is 11.3 Å². The van der Waals surface area contributed by atoms with Crippen molar-refractivity contribution in [2.75, 3.05) is 13.1 Å². The summed E-state index contributed by atoms with van der Waals surface area (Å²) in [6.45, 7) is 9.18. The molecule has 0 amide bonds. The van der Waals surface area contributed by atoms with Crippen LogP contribution in [0.25, 0.3) is 0 Å². The summed E-state index contributed by atoms with van der Waals surface area (Å²) in [7, 11) is 0. The topological polar surface area (TPSA) is 12.0 Å². The van der Waals surface area contributed by atoms with Crippen molar-refractivity contribution in [2.45, 2.75) is 78.6 Å². The van der Waals surface area contributed by atoms with E-state index in [1.54, 1.807) is 4.88 Å². The molecule has 21 heavy (non-hydrogen) atoms. The van der Waals surface area contributed by atoms with Crippen LogP contribution in [0.1, 0.15) is 73.6 Å². The Morgan fingerprint density at radius 3 is 2.48 bits per heavy atom. The standard InChI is InChI=1S/C19H33NS/c1-4-13-20-14-12-19(9-6-5-7-10-19)11-8-18-16(2)15-17(3)21-18/h15,20H,4-14H2,1-3H3. The highest BCUT2D eigenvalue weighted by Crippen LogP contribution is 2.43. The van der Waals surface area contributed by atoms with Crippen LogP contribution < -0.4 is 5.32 Å². The van der Waals surface area contributed by atoms with Crippen molar-refractivity contribution in [3.8, 4) is 0 Å². The molecule has 2 rings (SSSR count). The van der Waals surface area contributed by atoms with E-state index in [9.17, 15) is 0 Å². The number of thiophene rings is 1. The molecule has 0 radical (unpaired) electrons. The Morgan fingerprint density at radius 2 is 1.86 bits per heavy atom. The van der Waals surface area contributed by atoms with Crippen LogP contribution in [0, 0.1) is 19.3 Å². The summed E-state index contributed by atoms with van der Waals surface area (Å²) >= 11 is 2.02. The molecule has 1 fully saturated rings. The quantitative estimate of drug-likeness (QED) is 0.613. The maximum atomic E-state index is 3.62. The van der Waals surface area contributed by atoms with Gasteiger partial charge in [-0.2, -0.15) is 0 Å². The first kappa shape index (κ1) is 17.0. The second-order valence-corrected chi connectivity index (χ2v) is 8.36. The number of hydrogen-bond donors (Lipinski definition) is 1. The van der Waals surface area contributed by atoms with E-state index >= 15 is 0 Å². The summed E-state index contributed by atoms with van der Waals surface area (Å²) in [5.74, 6) is 0. The van der Waals surface area contributed by atoms with Gasteiger partial charge in [0.1, 0.15) is 0 Å². The molecular weight excluding hydrogens is 274 g/mol. The normalized spacial score (nSPS) is 18.0. The number of aryl methyl sites for hydroxylation is 3. The molecule has 0 saturated heterocycles. The van der Waals surface area contributed by atoms with Gasteiger partial charge in [0.2, 0.25) is 0 Å². The minimum absolute atomic E-state index is 0.628. The molecular formula is C19H33NS. The van der Waals surface area contributed by atoms with E-state index in [-0.39, 0.29) is 0 Å². The first-order valence-corrected chi connectivity index (χ1v) is 9.73. The summed E-state index contributed by atoms with van der Waals surface area (Å²) in [6, 6.07) is 2.36. The molecule has 1 aromatic heterocycles. The van der Waals surface area contributed by atoms with Crippen LogP contribution in [0.2, 0.25) is 0 Å². The van der Waals surface area contributed by atoms with Gasteiger partial charge in [0.15, 0.2) is 0 Å². The van der Waals surface area contributed by atoms with Gasteiger partial charge in [-0.25, -0.2) is 0 Å². The first-order chi connectivity index (χ1) is 10.2. The van der Waals surface area contributed by atoms with Gasteiger partial charge in [0.05, 0.1) is 0 Å². The molecule has 0 bridgehead atoms. The zero-order valence-corrected chi connectivity index (χ0v) is 15.1. The number of hydrogen-bond acceptors (Lipinski definition) is 2. The van der Waals surface area contributed by atoms with Gasteiger partial charge < -0.3 is 5.32 Å². The maximum absolute atomic E-state index is 3.62. The summed E-state index contributed by atoms with van der Waals surface area (Å²) in [6.07, 6.45) is 12.6. The summed E-state index contributed by atoms with van der Waals surface area (Å²) in [5.41, 5.74) is 2.15. The predicted octanol–water partition coefficient (Wildman–Crippen LogP) is 5.64. The van der Waals surface area contributed by atoms with Crippen molar-refractivity contribution in [3.05, 3.63) is 21.4 Å². The van der Waals surface area contributed by atoms with Crippen molar-refractivity contribution in [3.63, 3.8) is 0 Å². The van der Waals surface area contributed by atoms with E-state index in [0.29, 0.717) is 5.41 Å². The molecule has 1 aliphatic carbocycles. The lowest BCUT2D eigenvalue weighted by Gasteiger charge is -2.38. The Labute approximate surface area is 135 Å². The van der Waals surface area contributed by atoms with Gasteiger partial charge in [0, 0.05) is 9.75 Å². The van der Waals surface area contributed by atoms with Gasteiger partial charge in [0.25, 0.3) is 0 Å². The molecule has 0 unspecified atom stereocenters. The second kappa shape index (κ2) is 8.33. The van der Waals surface area contributed by atoms with Crippen molar-refractivity contribution in [2.24, 2.45) is 5.41 Å². The fourth-order valence-electron chi connectivity index (χ4n) is 3.90. The van der Waals surface area contributed by atoms with Crippen molar-refractivity contribution in [1.82, 2.24) is 5.32 Å². The average molecular weight is 308 g/mol. The summed E-state index contributed by atoms with van der Waals surface area (Å²) < 4.78 is 0. The third-order valence-corrected chi connectivity index (χ3v) is 6.41. The van der Waals surface area contributed by atoms with Gasteiger partial charge in [-0.15, -0.1) is 11.3 Å². The van der Waals surface area contributed by atoms with E-state index in [2.05, 4.69) is 32.2 Å². The minimum atomic E-state index is 0.628. The van der Waals surface area contributed by atoms with E-state index in [4.69, 9.17) is 0 Å². The Bertz CT molecular complexity index is 415. The molecule has 1 heterocycles. The molecule has 1 aliphatic rings. The fourth-order valence-corrected chi connectivity index (χ4v) is 4.95.